The summed E-state index contributed by atoms with van der Waals surface area (Å²) in [5, 5.41) is 22.1. The van der Waals surface area contributed by atoms with E-state index in [1.54, 1.807) is 24.8 Å². The molecule has 174 valence electrons. The monoisotopic (exact) mass is 440 g/mol. The zero-order valence-electron chi connectivity index (χ0n) is 18.3. The Morgan fingerprint density at radius 1 is 1.23 bits per heavy atom. The first-order valence-electron chi connectivity index (χ1n) is 10.8. The van der Waals surface area contributed by atoms with Crippen molar-refractivity contribution in [1.82, 2.24) is 9.80 Å². The highest BCUT2D eigenvalue weighted by Gasteiger charge is 2.39. The van der Waals surface area contributed by atoms with E-state index in [4.69, 9.17) is 14.2 Å². The number of piperidine rings is 1. The van der Waals surface area contributed by atoms with E-state index < -0.39 is 11.2 Å². The van der Waals surface area contributed by atoms with Gasteiger partial charge in [-0.2, -0.15) is 0 Å². The van der Waals surface area contributed by atoms with E-state index in [-0.39, 0.29) is 31.7 Å². The standard InChI is InChI=1S/C22H33FN2O6/c1-3-30-20(26)25-8-6-21(27,7-9-25)13-24-10-11-29-15-22(28,14-24)16-31-18-4-5-19(23)17(2)12-18/h4-5,12,27-28H,3,6-11,13-16H2,1-2H3. The van der Waals surface area contributed by atoms with Crippen LogP contribution >= 0.6 is 0 Å². The van der Waals surface area contributed by atoms with Crippen LogP contribution in [0.5, 0.6) is 5.75 Å². The number of hydrogen-bond donors (Lipinski definition) is 2. The van der Waals surface area contributed by atoms with Gasteiger partial charge in [0.2, 0.25) is 0 Å². The zero-order chi connectivity index (χ0) is 22.5. The van der Waals surface area contributed by atoms with E-state index in [9.17, 15) is 19.4 Å². The number of aryl methyl sites for hydroxylation is 1. The normalized spacial score (nSPS) is 24.5. The maximum absolute atomic E-state index is 13.5. The fourth-order valence-corrected chi connectivity index (χ4v) is 4.04. The second-order valence-electron chi connectivity index (χ2n) is 8.60. The Bertz CT molecular complexity index is 756. The van der Waals surface area contributed by atoms with Gasteiger partial charge in [-0.3, -0.25) is 4.90 Å². The maximum atomic E-state index is 13.5. The summed E-state index contributed by atoms with van der Waals surface area (Å²) >= 11 is 0. The Morgan fingerprint density at radius 2 is 1.97 bits per heavy atom. The summed E-state index contributed by atoms with van der Waals surface area (Å²) in [6, 6.07) is 4.46. The lowest BCUT2D eigenvalue weighted by Crippen LogP contribution is -2.55. The molecule has 0 aromatic heterocycles. The molecule has 2 aliphatic rings. The van der Waals surface area contributed by atoms with Gasteiger partial charge >= 0.3 is 6.09 Å². The second kappa shape index (κ2) is 10.1. The van der Waals surface area contributed by atoms with Gasteiger partial charge in [0.1, 0.15) is 23.8 Å². The fourth-order valence-electron chi connectivity index (χ4n) is 4.04. The molecular weight excluding hydrogens is 407 g/mol. The number of benzene rings is 1. The van der Waals surface area contributed by atoms with Crippen LogP contribution < -0.4 is 4.74 Å². The van der Waals surface area contributed by atoms with Crippen LogP contribution in [0, 0.1) is 12.7 Å². The van der Waals surface area contributed by atoms with E-state index in [0.29, 0.717) is 63.5 Å². The van der Waals surface area contributed by atoms with Crippen LogP contribution in [0.4, 0.5) is 9.18 Å². The van der Waals surface area contributed by atoms with Gasteiger partial charge in [0.25, 0.3) is 0 Å². The Kier molecular flexibility index (Phi) is 7.74. The molecule has 9 heteroatoms. The number of hydrogen-bond acceptors (Lipinski definition) is 7. The summed E-state index contributed by atoms with van der Waals surface area (Å²) in [5.74, 6) is 0.172. The lowest BCUT2D eigenvalue weighted by molar-refractivity contribution is -0.0790. The molecule has 1 aromatic rings. The third kappa shape index (κ3) is 6.52. The molecule has 1 aromatic carbocycles. The lowest BCUT2D eigenvalue weighted by atomic mass is 9.90. The first-order valence-corrected chi connectivity index (χ1v) is 10.8. The van der Waals surface area contributed by atoms with Gasteiger partial charge in [-0.1, -0.05) is 0 Å². The van der Waals surface area contributed by atoms with Crippen molar-refractivity contribution in [2.75, 3.05) is 59.2 Å². The van der Waals surface area contributed by atoms with E-state index in [1.807, 2.05) is 4.90 Å². The molecule has 31 heavy (non-hydrogen) atoms. The number of amides is 1. The van der Waals surface area contributed by atoms with E-state index in [1.165, 1.54) is 12.1 Å². The van der Waals surface area contributed by atoms with Crippen LogP contribution in [0.3, 0.4) is 0 Å². The van der Waals surface area contributed by atoms with Crippen molar-refractivity contribution in [3.05, 3.63) is 29.6 Å². The minimum absolute atomic E-state index is 0.0103. The molecule has 0 spiro atoms. The molecule has 3 rings (SSSR count). The first kappa shape index (κ1) is 23.7. The number of ether oxygens (including phenoxy) is 3. The van der Waals surface area contributed by atoms with Crippen molar-refractivity contribution in [2.45, 2.75) is 37.9 Å². The largest absolute Gasteiger partial charge is 0.490 e. The number of β-amino-alcohol motifs (C(OH)–C–C–N with tert-alkyl or cyclic N) is 2. The number of rotatable bonds is 6. The number of aliphatic hydroxyl groups is 2. The topological polar surface area (TPSA) is 91.7 Å². The third-order valence-electron chi connectivity index (χ3n) is 5.82. The summed E-state index contributed by atoms with van der Waals surface area (Å²) < 4.78 is 29.8. The summed E-state index contributed by atoms with van der Waals surface area (Å²) in [6.45, 7) is 6.35. The molecule has 1 unspecified atom stereocenters. The molecule has 2 aliphatic heterocycles. The summed E-state index contributed by atoms with van der Waals surface area (Å²) in [5.41, 5.74) is -1.75. The predicted molar refractivity (Wildman–Crippen MR) is 112 cm³/mol. The van der Waals surface area contributed by atoms with Crippen LogP contribution in [0.15, 0.2) is 18.2 Å². The summed E-state index contributed by atoms with van der Waals surface area (Å²) in [6.07, 6.45) is 0.523. The highest BCUT2D eigenvalue weighted by Crippen LogP contribution is 2.26. The predicted octanol–water partition coefficient (Wildman–Crippen LogP) is 1.56. The molecule has 0 radical (unpaired) electrons. The maximum Gasteiger partial charge on any atom is 0.409 e. The molecule has 2 saturated heterocycles. The molecule has 0 saturated carbocycles. The summed E-state index contributed by atoms with van der Waals surface area (Å²) in [7, 11) is 0. The van der Waals surface area contributed by atoms with Gasteiger partial charge in [-0.05, 0) is 50.5 Å². The Hall–Kier alpha value is -1.94. The Morgan fingerprint density at radius 3 is 2.65 bits per heavy atom. The average molecular weight is 441 g/mol. The van der Waals surface area contributed by atoms with Gasteiger partial charge in [0, 0.05) is 32.7 Å². The zero-order valence-corrected chi connectivity index (χ0v) is 18.3. The third-order valence-corrected chi connectivity index (χ3v) is 5.82. The highest BCUT2D eigenvalue weighted by atomic mass is 19.1. The second-order valence-corrected chi connectivity index (χ2v) is 8.60. The average Bonchev–Trinajstić information content (AvgIpc) is 2.90. The minimum atomic E-state index is -1.26. The summed E-state index contributed by atoms with van der Waals surface area (Å²) in [4.78, 5) is 15.5. The van der Waals surface area contributed by atoms with Gasteiger partial charge in [-0.15, -0.1) is 0 Å². The molecule has 1 amide bonds. The van der Waals surface area contributed by atoms with Gasteiger partial charge in [-0.25, -0.2) is 9.18 Å². The van der Waals surface area contributed by atoms with Gasteiger partial charge < -0.3 is 29.3 Å². The molecule has 0 aliphatic carbocycles. The smallest absolute Gasteiger partial charge is 0.409 e. The number of nitrogens with zero attached hydrogens (tertiary/aromatic N) is 2. The number of carbonyl (C=O) groups is 1. The molecular formula is C22H33FN2O6. The van der Waals surface area contributed by atoms with Crippen molar-refractivity contribution < 1.29 is 33.6 Å². The van der Waals surface area contributed by atoms with Crippen LogP contribution in [-0.4, -0.2) is 96.5 Å². The van der Waals surface area contributed by atoms with Crippen LogP contribution in [-0.2, 0) is 9.47 Å². The molecule has 8 nitrogen and oxygen atoms in total. The number of carbonyl (C=O) groups excluding carboxylic acids is 1. The Balaban J connectivity index is 1.55. The van der Waals surface area contributed by atoms with Crippen LogP contribution in [0.2, 0.25) is 0 Å². The lowest BCUT2D eigenvalue weighted by Gasteiger charge is -2.41. The van der Waals surface area contributed by atoms with Crippen molar-refractivity contribution in [3.8, 4) is 5.75 Å². The highest BCUT2D eigenvalue weighted by molar-refractivity contribution is 5.67. The number of halogens is 1. The molecule has 1 atom stereocenters. The Labute approximate surface area is 182 Å². The van der Waals surface area contributed by atoms with Crippen molar-refractivity contribution >= 4 is 6.09 Å². The SMILES string of the molecule is CCOC(=O)N1CCC(O)(CN2CCOCC(O)(COc3ccc(F)c(C)c3)C2)CC1. The fraction of sp³-hybridized carbons (Fsp3) is 0.682. The van der Waals surface area contributed by atoms with Gasteiger partial charge in [0.15, 0.2) is 0 Å². The van der Waals surface area contributed by atoms with Crippen LogP contribution in [0.25, 0.3) is 0 Å². The van der Waals surface area contributed by atoms with E-state index in [2.05, 4.69) is 0 Å². The first-order chi connectivity index (χ1) is 14.7. The van der Waals surface area contributed by atoms with E-state index >= 15 is 0 Å². The van der Waals surface area contributed by atoms with Crippen LogP contribution in [0.1, 0.15) is 25.3 Å². The van der Waals surface area contributed by atoms with Gasteiger partial charge in [0.05, 0.1) is 25.4 Å². The van der Waals surface area contributed by atoms with Crippen molar-refractivity contribution in [2.24, 2.45) is 0 Å². The van der Waals surface area contributed by atoms with E-state index in [0.717, 1.165) is 0 Å². The van der Waals surface area contributed by atoms with Crippen molar-refractivity contribution in [3.63, 3.8) is 0 Å². The quantitative estimate of drug-likeness (QED) is 0.694. The molecule has 2 heterocycles. The minimum Gasteiger partial charge on any atom is -0.490 e. The molecule has 2 fully saturated rings. The molecule has 2 N–H and O–H groups in total. The van der Waals surface area contributed by atoms with Crippen molar-refractivity contribution in [1.29, 1.82) is 0 Å². The number of likely N-dealkylation sites (tertiary alicyclic amines) is 1. The molecule has 0 bridgehead atoms.